The third kappa shape index (κ3) is 4.45. The number of aromatic nitrogens is 2. The molecule has 0 radical (unpaired) electrons. The van der Waals surface area contributed by atoms with E-state index in [1.165, 1.54) is 29.1 Å². The molecule has 2 heterocycles. The summed E-state index contributed by atoms with van der Waals surface area (Å²) in [6, 6.07) is 7.88. The minimum Gasteiger partial charge on any atom is -0.477 e. The third-order valence-electron chi connectivity index (χ3n) is 4.52. The van der Waals surface area contributed by atoms with Crippen LogP contribution in [0.3, 0.4) is 0 Å². The highest BCUT2D eigenvalue weighted by Gasteiger charge is 2.21. The number of carboxylic acids is 1. The van der Waals surface area contributed by atoms with Gasteiger partial charge in [0, 0.05) is 45.3 Å². The van der Waals surface area contributed by atoms with Gasteiger partial charge in [0.2, 0.25) is 5.91 Å². The summed E-state index contributed by atoms with van der Waals surface area (Å²) < 4.78 is 14.3. The Kier molecular flexibility index (Phi) is 5.62. The topological polar surface area (TPSA) is 78.7 Å². The second-order valence-corrected chi connectivity index (χ2v) is 6.28. The van der Waals surface area contributed by atoms with Crippen LogP contribution in [0, 0.1) is 5.82 Å². The predicted octanol–water partition coefficient (Wildman–Crippen LogP) is 1.45. The lowest BCUT2D eigenvalue weighted by Gasteiger charge is -2.34. The molecule has 1 saturated heterocycles. The van der Waals surface area contributed by atoms with Crippen molar-refractivity contribution in [3.63, 3.8) is 0 Å². The van der Waals surface area contributed by atoms with Crippen molar-refractivity contribution in [3.05, 3.63) is 53.6 Å². The number of piperazine rings is 1. The van der Waals surface area contributed by atoms with E-state index in [2.05, 4.69) is 10.00 Å². The van der Waals surface area contributed by atoms with Gasteiger partial charge < -0.3 is 10.0 Å². The zero-order valence-corrected chi connectivity index (χ0v) is 14.3. The fraction of sp³-hybridized carbons (Fsp3) is 0.389. The molecule has 7 nitrogen and oxygen atoms in total. The molecule has 1 fully saturated rings. The smallest absolute Gasteiger partial charge is 0.354 e. The molecule has 0 spiro atoms. The van der Waals surface area contributed by atoms with Crippen LogP contribution in [0.1, 0.15) is 22.5 Å². The molecule has 8 heteroatoms. The van der Waals surface area contributed by atoms with Crippen LogP contribution in [-0.2, 0) is 17.9 Å². The van der Waals surface area contributed by atoms with Gasteiger partial charge in [0.05, 0.1) is 6.54 Å². The summed E-state index contributed by atoms with van der Waals surface area (Å²) in [5.41, 5.74) is 1.13. The highest BCUT2D eigenvalue weighted by Crippen LogP contribution is 2.11. The Hall–Kier alpha value is -2.74. The van der Waals surface area contributed by atoms with Crippen molar-refractivity contribution in [1.82, 2.24) is 19.6 Å². The lowest BCUT2D eigenvalue weighted by Crippen LogP contribution is -2.48. The van der Waals surface area contributed by atoms with E-state index in [9.17, 15) is 14.0 Å². The number of aryl methyl sites for hydroxylation is 1. The van der Waals surface area contributed by atoms with E-state index >= 15 is 0 Å². The van der Waals surface area contributed by atoms with Gasteiger partial charge in [-0.25, -0.2) is 9.18 Å². The summed E-state index contributed by atoms with van der Waals surface area (Å²) in [5.74, 6) is -1.30. The first-order chi connectivity index (χ1) is 12.5. The van der Waals surface area contributed by atoms with Crippen molar-refractivity contribution in [2.24, 2.45) is 0 Å². The van der Waals surface area contributed by atoms with E-state index in [4.69, 9.17) is 5.11 Å². The number of amides is 1. The molecular formula is C18H21FN4O3. The zero-order valence-electron chi connectivity index (χ0n) is 14.3. The number of benzene rings is 1. The standard InChI is InChI=1S/C18H21FN4O3/c19-15-3-1-14(2-4-15)13-21-9-11-22(12-10-21)17(24)6-8-23-16(18(25)26)5-7-20-23/h1-5,7H,6,8-13H2,(H,25,26). The minimum atomic E-state index is -1.05. The molecule has 1 aliphatic rings. The van der Waals surface area contributed by atoms with Crippen molar-refractivity contribution < 1.29 is 19.1 Å². The number of halogens is 1. The zero-order chi connectivity index (χ0) is 18.5. The van der Waals surface area contributed by atoms with Crippen molar-refractivity contribution in [2.45, 2.75) is 19.5 Å². The van der Waals surface area contributed by atoms with E-state index in [0.717, 1.165) is 25.2 Å². The monoisotopic (exact) mass is 360 g/mol. The molecule has 26 heavy (non-hydrogen) atoms. The molecule has 0 unspecified atom stereocenters. The van der Waals surface area contributed by atoms with Gasteiger partial charge in [-0.05, 0) is 23.8 Å². The highest BCUT2D eigenvalue weighted by atomic mass is 19.1. The van der Waals surface area contributed by atoms with Crippen molar-refractivity contribution in [1.29, 1.82) is 0 Å². The molecule has 1 aliphatic heterocycles. The number of hydrogen-bond acceptors (Lipinski definition) is 4. The van der Waals surface area contributed by atoms with Gasteiger partial charge >= 0.3 is 5.97 Å². The number of carboxylic acid groups (broad SMARTS) is 1. The van der Waals surface area contributed by atoms with E-state index in [-0.39, 0.29) is 30.4 Å². The second-order valence-electron chi connectivity index (χ2n) is 6.28. The van der Waals surface area contributed by atoms with Gasteiger partial charge in [0.1, 0.15) is 11.5 Å². The summed E-state index contributed by atoms with van der Waals surface area (Å²) in [6.45, 7) is 3.76. The number of rotatable bonds is 6. The predicted molar refractivity (Wildman–Crippen MR) is 92.1 cm³/mol. The molecule has 1 aromatic carbocycles. The first-order valence-corrected chi connectivity index (χ1v) is 8.52. The Bertz CT molecular complexity index is 767. The molecular weight excluding hydrogens is 339 g/mol. The van der Waals surface area contributed by atoms with Crippen LogP contribution in [0.2, 0.25) is 0 Å². The Morgan fingerprint density at radius 3 is 2.42 bits per heavy atom. The number of carbonyl (C=O) groups is 2. The number of hydrogen-bond donors (Lipinski definition) is 1. The molecule has 0 saturated carbocycles. The quantitative estimate of drug-likeness (QED) is 0.844. The first kappa shape index (κ1) is 18.1. The Balaban J connectivity index is 1.45. The van der Waals surface area contributed by atoms with E-state index in [0.29, 0.717) is 13.1 Å². The fourth-order valence-corrected chi connectivity index (χ4v) is 3.06. The largest absolute Gasteiger partial charge is 0.477 e. The molecule has 3 rings (SSSR count). The van der Waals surface area contributed by atoms with Crippen LogP contribution >= 0.6 is 0 Å². The van der Waals surface area contributed by atoms with Gasteiger partial charge in [0.15, 0.2) is 0 Å². The summed E-state index contributed by atoms with van der Waals surface area (Å²) >= 11 is 0. The second kappa shape index (κ2) is 8.09. The van der Waals surface area contributed by atoms with Gasteiger partial charge in [-0.1, -0.05) is 12.1 Å². The van der Waals surface area contributed by atoms with Crippen LogP contribution in [-0.4, -0.2) is 62.7 Å². The van der Waals surface area contributed by atoms with Crippen molar-refractivity contribution in [3.8, 4) is 0 Å². The van der Waals surface area contributed by atoms with Gasteiger partial charge in [-0.15, -0.1) is 0 Å². The van der Waals surface area contributed by atoms with E-state index < -0.39 is 5.97 Å². The molecule has 138 valence electrons. The van der Waals surface area contributed by atoms with E-state index in [1.54, 1.807) is 17.0 Å². The summed E-state index contributed by atoms with van der Waals surface area (Å²) in [4.78, 5) is 27.4. The highest BCUT2D eigenvalue weighted by molar-refractivity contribution is 5.85. The maximum Gasteiger partial charge on any atom is 0.354 e. The molecule has 0 aliphatic carbocycles. The van der Waals surface area contributed by atoms with Gasteiger partial charge in [-0.3, -0.25) is 14.4 Å². The normalized spacial score (nSPS) is 15.2. The summed E-state index contributed by atoms with van der Waals surface area (Å²) in [5, 5.41) is 13.0. The number of nitrogens with zero attached hydrogens (tertiary/aromatic N) is 4. The van der Waals surface area contributed by atoms with Crippen LogP contribution in [0.15, 0.2) is 36.5 Å². The average molecular weight is 360 g/mol. The molecule has 1 amide bonds. The van der Waals surface area contributed by atoms with Crippen molar-refractivity contribution >= 4 is 11.9 Å². The Labute approximate surface area is 150 Å². The maximum atomic E-state index is 13.0. The molecule has 0 atom stereocenters. The van der Waals surface area contributed by atoms with Crippen LogP contribution < -0.4 is 0 Å². The molecule has 2 aromatic rings. The lowest BCUT2D eigenvalue weighted by atomic mass is 10.2. The van der Waals surface area contributed by atoms with Gasteiger partial charge in [-0.2, -0.15) is 5.10 Å². The van der Waals surface area contributed by atoms with Crippen molar-refractivity contribution in [2.75, 3.05) is 26.2 Å². The number of aromatic carboxylic acids is 1. The maximum absolute atomic E-state index is 13.0. The molecule has 1 aromatic heterocycles. The Morgan fingerprint density at radius 2 is 1.77 bits per heavy atom. The van der Waals surface area contributed by atoms with Crippen LogP contribution in [0.25, 0.3) is 0 Å². The van der Waals surface area contributed by atoms with Crippen LogP contribution in [0.5, 0.6) is 0 Å². The molecule has 0 bridgehead atoms. The summed E-state index contributed by atoms with van der Waals surface area (Å²) in [6.07, 6.45) is 1.64. The first-order valence-electron chi connectivity index (χ1n) is 8.52. The SMILES string of the molecule is O=C(O)c1ccnn1CCC(=O)N1CCN(Cc2ccc(F)cc2)CC1. The molecule has 1 N–H and O–H groups in total. The summed E-state index contributed by atoms with van der Waals surface area (Å²) in [7, 11) is 0. The minimum absolute atomic E-state index is 0.00160. The Morgan fingerprint density at radius 1 is 1.08 bits per heavy atom. The van der Waals surface area contributed by atoms with E-state index in [1.807, 2.05) is 0 Å². The average Bonchev–Trinajstić information content (AvgIpc) is 3.11. The van der Waals surface area contributed by atoms with Gasteiger partial charge in [0.25, 0.3) is 0 Å². The fourth-order valence-electron chi connectivity index (χ4n) is 3.06. The number of carbonyl (C=O) groups excluding carboxylic acids is 1. The van der Waals surface area contributed by atoms with Crippen LogP contribution in [0.4, 0.5) is 4.39 Å². The lowest BCUT2D eigenvalue weighted by molar-refractivity contribution is -0.133. The third-order valence-corrected chi connectivity index (χ3v) is 4.52.